The predicted molar refractivity (Wildman–Crippen MR) is 117 cm³/mol. The number of aryl methyl sites for hydroxylation is 3. The van der Waals surface area contributed by atoms with Gasteiger partial charge in [0.05, 0.1) is 5.69 Å². The van der Waals surface area contributed by atoms with Crippen LogP contribution in [0.1, 0.15) is 22.3 Å². The van der Waals surface area contributed by atoms with Crippen LogP contribution in [0, 0.1) is 20.8 Å². The Morgan fingerprint density at radius 2 is 1.80 bits per heavy atom. The third-order valence-corrected chi connectivity index (χ3v) is 5.35. The molecule has 0 bridgehead atoms. The van der Waals surface area contributed by atoms with Gasteiger partial charge in [0.25, 0.3) is 0 Å². The van der Waals surface area contributed by atoms with Crippen molar-refractivity contribution in [2.45, 2.75) is 27.4 Å². The first kappa shape index (κ1) is 19.9. The number of ether oxygens (including phenoxy) is 1. The van der Waals surface area contributed by atoms with Gasteiger partial charge in [0.2, 0.25) is 0 Å². The van der Waals surface area contributed by atoms with Crippen LogP contribution in [0.3, 0.4) is 0 Å². The molecule has 0 aliphatic carbocycles. The Kier molecular flexibility index (Phi) is 5.42. The second kappa shape index (κ2) is 8.16. The van der Waals surface area contributed by atoms with E-state index in [0.29, 0.717) is 17.3 Å². The van der Waals surface area contributed by atoms with Crippen LogP contribution in [0.4, 0.5) is 0 Å². The van der Waals surface area contributed by atoms with Crippen molar-refractivity contribution in [1.82, 2.24) is 20.2 Å². The number of aromatic nitrogens is 4. The summed E-state index contributed by atoms with van der Waals surface area (Å²) in [6.45, 7) is 6.35. The zero-order valence-corrected chi connectivity index (χ0v) is 17.7. The molecule has 0 saturated carbocycles. The molecule has 0 saturated heterocycles. The van der Waals surface area contributed by atoms with Crippen molar-refractivity contribution in [3.63, 3.8) is 0 Å². The number of H-pyrrole nitrogens is 1. The molecule has 1 N–H and O–H groups in total. The molecule has 0 amide bonds. The highest BCUT2D eigenvalue weighted by atomic mass is 35.5. The molecule has 0 aliphatic heterocycles. The first-order valence-corrected chi connectivity index (χ1v) is 9.91. The summed E-state index contributed by atoms with van der Waals surface area (Å²) >= 11 is 6.16. The van der Waals surface area contributed by atoms with Gasteiger partial charge in [-0.3, -0.25) is 0 Å². The Labute approximate surface area is 179 Å². The molecule has 0 atom stereocenters. The van der Waals surface area contributed by atoms with Gasteiger partial charge >= 0.3 is 5.69 Å². The molecule has 0 spiro atoms. The maximum absolute atomic E-state index is 12.0. The topological polar surface area (TPSA) is 72.8 Å². The number of benzene rings is 3. The lowest BCUT2D eigenvalue weighted by Crippen LogP contribution is -2.18. The zero-order valence-electron chi connectivity index (χ0n) is 16.9. The van der Waals surface area contributed by atoms with Gasteiger partial charge in [-0.25, -0.2) is 9.89 Å². The van der Waals surface area contributed by atoms with Crippen LogP contribution in [-0.2, 0) is 6.61 Å². The van der Waals surface area contributed by atoms with E-state index < -0.39 is 0 Å². The summed E-state index contributed by atoms with van der Waals surface area (Å²) in [5.41, 5.74) is 6.45. The largest absolute Gasteiger partial charge is 0.489 e. The molecular formula is C23H21ClN4O2. The Balaban J connectivity index is 1.65. The number of hydrogen-bond acceptors (Lipinski definition) is 4. The number of aromatic amines is 1. The molecule has 1 heterocycles. The maximum Gasteiger partial charge on any atom is 0.365 e. The molecule has 0 fully saturated rings. The van der Waals surface area contributed by atoms with E-state index in [9.17, 15) is 4.79 Å². The van der Waals surface area contributed by atoms with Crippen LogP contribution in [-0.4, -0.2) is 20.2 Å². The third-order valence-electron chi connectivity index (χ3n) is 5.12. The minimum absolute atomic E-state index is 0.304. The van der Waals surface area contributed by atoms with Crippen molar-refractivity contribution in [1.29, 1.82) is 0 Å². The second-order valence-corrected chi connectivity index (χ2v) is 7.66. The number of nitrogens with zero attached hydrogens (tertiary/aromatic N) is 3. The predicted octanol–water partition coefficient (Wildman–Crippen LogP) is 4.78. The lowest BCUT2D eigenvalue weighted by molar-refractivity contribution is 0.302. The van der Waals surface area contributed by atoms with E-state index in [0.717, 1.165) is 39.1 Å². The highest BCUT2D eigenvalue weighted by Crippen LogP contribution is 2.32. The molecule has 4 aromatic rings. The third kappa shape index (κ3) is 3.86. The van der Waals surface area contributed by atoms with Gasteiger partial charge < -0.3 is 4.74 Å². The maximum atomic E-state index is 12.0. The molecular weight excluding hydrogens is 400 g/mol. The first-order valence-electron chi connectivity index (χ1n) is 9.53. The number of tetrazole rings is 1. The summed E-state index contributed by atoms with van der Waals surface area (Å²) in [7, 11) is 0. The van der Waals surface area contributed by atoms with Crippen LogP contribution in [0.5, 0.6) is 5.75 Å². The summed E-state index contributed by atoms with van der Waals surface area (Å²) in [6.07, 6.45) is 0. The van der Waals surface area contributed by atoms with Gasteiger partial charge in [0.1, 0.15) is 12.4 Å². The number of hydrogen-bond donors (Lipinski definition) is 1. The lowest BCUT2D eigenvalue weighted by atomic mass is 9.98. The average molecular weight is 421 g/mol. The summed E-state index contributed by atoms with van der Waals surface area (Å²) in [6, 6.07) is 17.6. The smallest absolute Gasteiger partial charge is 0.365 e. The molecule has 1 aromatic heterocycles. The highest BCUT2D eigenvalue weighted by Gasteiger charge is 2.14. The van der Waals surface area contributed by atoms with Crippen molar-refractivity contribution in [2.75, 3.05) is 0 Å². The van der Waals surface area contributed by atoms with Gasteiger partial charge in [-0.2, -0.15) is 4.68 Å². The first-order chi connectivity index (χ1) is 14.4. The van der Waals surface area contributed by atoms with E-state index in [1.807, 2.05) is 62.4 Å². The summed E-state index contributed by atoms with van der Waals surface area (Å²) < 4.78 is 7.42. The fraction of sp³-hybridized carbons (Fsp3) is 0.174. The average Bonchev–Trinajstić information content (AvgIpc) is 3.14. The Morgan fingerprint density at radius 1 is 1.00 bits per heavy atom. The summed E-state index contributed by atoms with van der Waals surface area (Å²) in [4.78, 5) is 12.0. The van der Waals surface area contributed by atoms with Crippen molar-refractivity contribution in [3.05, 3.63) is 92.4 Å². The van der Waals surface area contributed by atoms with E-state index in [-0.39, 0.29) is 5.69 Å². The van der Waals surface area contributed by atoms with Crippen molar-refractivity contribution in [3.8, 4) is 22.6 Å². The minimum atomic E-state index is -0.389. The van der Waals surface area contributed by atoms with Crippen molar-refractivity contribution >= 4 is 11.6 Å². The SMILES string of the molecule is Cc1cc(-c2cccc(Cl)c2)c(C)cc1OCc1c(C)cccc1-n1nn[nH]c1=O. The van der Waals surface area contributed by atoms with E-state index in [1.54, 1.807) is 0 Å². The molecule has 0 unspecified atom stereocenters. The van der Waals surface area contributed by atoms with Crippen LogP contribution >= 0.6 is 11.6 Å². The Morgan fingerprint density at radius 3 is 2.53 bits per heavy atom. The standard InChI is InChI=1S/C23H21ClN4O2/c1-14-6-4-9-21(28-23(29)25-26-27-28)20(14)13-30-22-11-15(2)19(10-16(22)3)17-7-5-8-18(24)12-17/h4-12H,13H2,1-3H3,(H,25,27,29). The van der Waals surface area contributed by atoms with Gasteiger partial charge in [-0.15, -0.1) is 0 Å². The fourth-order valence-electron chi connectivity index (χ4n) is 3.49. The van der Waals surface area contributed by atoms with Crippen LogP contribution < -0.4 is 10.4 Å². The van der Waals surface area contributed by atoms with Gasteiger partial charge in [-0.05, 0) is 89.3 Å². The molecule has 30 heavy (non-hydrogen) atoms. The van der Waals surface area contributed by atoms with Gasteiger partial charge in [0, 0.05) is 10.6 Å². The van der Waals surface area contributed by atoms with Gasteiger partial charge in [0.15, 0.2) is 0 Å². The van der Waals surface area contributed by atoms with E-state index in [4.69, 9.17) is 16.3 Å². The van der Waals surface area contributed by atoms with Crippen molar-refractivity contribution in [2.24, 2.45) is 0 Å². The second-order valence-electron chi connectivity index (χ2n) is 7.22. The number of rotatable bonds is 5. The lowest BCUT2D eigenvalue weighted by Gasteiger charge is -2.16. The zero-order chi connectivity index (χ0) is 21.3. The van der Waals surface area contributed by atoms with Crippen LogP contribution in [0.15, 0.2) is 59.4 Å². The fourth-order valence-corrected chi connectivity index (χ4v) is 3.68. The molecule has 152 valence electrons. The summed E-state index contributed by atoms with van der Waals surface area (Å²) in [5, 5.41) is 10.5. The quantitative estimate of drug-likeness (QED) is 0.504. The Bertz CT molecular complexity index is 1280. The molecule has 0 radical (unpaired) electrons. The monoisotopic (exact) mass is 420 g/mol. The molecule has 3 aromatic carbocycles. The minimum Gasteiger partial charge on any atom is -0.489 e. The van der Waals surface area contributed by atoms with Crippen LogP contribution in [0.25, 0.3) is 16.8 Å². The van der Waals surface area contributed by atoms with Crippen LogP contribution in [0.2, 0.25) is 5.02 Å². The van der Waals surface area contributed by atoms with Gasteiger partial charge in [-0.1, -0.05) is 35.9 Å². The summed E-state index contributed by atoms with van der Waals surface area (Å²) in [5.74, 6) is 0.792. The molecule has 0 aliphatic rings. The normalized spacial score (nSPS) is 10.9. The molecule has 6 nitrogen and oxygen atoms in total. The van der Waals surface area contributed by atoms with E-state index in [1.165, 1.54) is 4.68 Å². The van der Waals surface area contributed by atoms with E-state index in [2.05, 4.69) is 28.5 Å². The highest BCUT2D eigenvalue weighted by molar-refractivity contribution is 6.30. The number of nitrogens with one attached hydrogen (secondary N) is 1. The Hall–Kier alpha value is -3.38. The molecule has 7 heteroatoms. The van der Waals surface area contributed by atoms with E-state index >= 15 is 0 Å². The molecule has 4 rings (SSSR count). The number of halogens is 1. The van der Waals surface area contributed by atoms with Crippen molar-refractivity contribution < 1.29 is 4.74 Å².